The molecule has 0 spiro atoms. The quantitative estimate of drug-likeness (QED) is 0.908. The van der Waals surface area contributed by atoms with Crippen LogP contribution in [0.2, 0.25) is 0 Å². The van der Waals surface area contributed by atoms with Crippen LogP contribution in [-0.4, -0.2) is 38.5 Å². The normalized spacial score (nSPS) is 24.8. The summed E-state index contributed by atoms with van der Waals surface area (Å²) >= 11 is 0. The molecule has 1 heterocycles. The van der Waals surface area contributed by atoms with E-state index < -0.39 is 15.8 Å². The molecule has 2 aliphatic rings. The maximum Gasteiger partial charge on any atom is 0.240 e. The minimum atomic E-state index is -3.53. The molecule has 1 unspecified atom stereocenters. The average molecular weight is 284 g/mol. The summed E-state index contributed by atoms with van der Waals surface area (Å²) in [5, 5.41) is 0. The van der Waals surface area contributed by atoms with Crippen LogP contribution < -0.4 is 4.72 Å². The van der Waals surface area contributed by atoms with Crippen molar-refractivity contribution in [2.75, 3.05) is 13.1 Å². The second-order valence-corrected chi connectivity index (χ2v) is 7.00. The van der Waals surface area contributed by atoms with Crippen LogP contribution in [0.15, 0.2) is 29.2 Å². The third-order valence-corrected chi connectivity index (χ3v) is 5.27. The number of benzene rings is 1. The van der Waals surface area contributed by atoms with Gasteiger partial charge in [-0.25, -0.2) is 17.5 Å². The Hall–Kier alpha value is -0.980. The van der Waals surface area contributed by atoms with Crippen LogP contribution in [0, 0.1) is 5.82 Å². The number of sulfonamides is 1. The predicted octanol–water partition coefficient (Wildman–Crippen LogP) is 1.34. The molecule has 0 aromatic heterocycles. The molecule has 19 heavy (non-hydrogen) atoms. The Bertz CT molecular complexity index is 555. The van der Waals surface area contributed by atoms with Gasteiger partial charge < -0.3 is 0 Å². The van der Waals surface area contributed by atoms with Gasteiger partial charge in [0.25, 0.3) is 0 Å². The molecule has 1 aliphatic carbocycles. The van der Waals surface area contributed by atoms with Crippen molar-refractivity contribution >= 4 is 10.0 Å². The number of nitrogens with one attached hydrogen (secondary N) is 1. The number of rotatable bonds is 4. The summed E-state index contributed by atoms with van der Waals surface area (Å²) in [4.78, 5) is 2.47. The van der Waals surface area contributed by atoms with Crippen molar-refractivity contribution in [2.24, 2.45) is 0 Å². The lowest BCUT2D eigenvalue weighted by Gasteiger charge is -2.15. The van der Waals surface area contributed by atoms with E-state index in [0.29, 0.717) is 6.04 Å². The van der Waals surface area contributed by atoms with E-state index in [9.17, 15) is 12.8 Å². The van der Waals surface area contributed by atoms with Gasteiger partial charge in [-0.1, -0.05) is 0 Å². The fraction of sp³-hybridized carbons (Fsp3) is 0.538. The molecule has 0 radical (unpaired) electrons. The van der Waals surface area contributed by atoms with E-state index in [-0.39, 0.29) is 10.9 Å². The smallest absolute Gasteiger partial charge is 0.240 e. The molecule has 1 aliphatic heterocycles. The van der Waals surface area contributed by atoms with Gasteiger partial charge in [0.05, 0.1) is 4.90 Å². The predicted molar refractivity (Wildman–Crippen MR) is 69.7 cm³/mol. The number of likely N-dealkylation sites (tertiary alicyclic amines) is 1. The largest absolute Gasteiger partial charge is 0.299 e. The lowest BCUT2D eigenvalue weighted by atomic mass is 10.3. The second-order valence-electron chi connectivity index (χ2n) is 5.29. The fourth-order valence-electron chi connectivity index (χ4n) is 2.56. The molecule has 0 bridgehead atoms. The summed E-state index contributed by atoms with van der Waals surface area (Å²) in [5.41, 5.74) is 0. The highest BCUT2D eigenvalue weighted by Crippen LogP contribution is 2.30. The molecule has 1 N–H and O–H groups in total. The van der Waals surface area contributed by atoms with E-state index in [4.69, 9.17) is 0 Å². The van der Waals surface area contributed by atoms with Gasteiger partial charge in [-0.3, -0.25) is 4.90 Å². The third kappa shape index (κ3) is 2.96. The number of hydrogen-bond acceptors (Lipinski definition) is 3. The van der Waals surface area contributed by atoms with Crippen molar-refractivity contribution in [2.45, 2.75) is 36.2 Å². The zero-order valence-electron chi connectivity index (χ0n) is 10.5. The molecule has 104 valence electrons. The first-order chi connectivity index (χ1) is 9.04. The Kier molecular flexibility index (Phi) is 3.32. The van der Waals surface area contributed by atoms with Gasteiger partial charge >= 0.3 is 0 Å². The van der Waals surface area contributed by atoms with Crippen molar-refractivity contribution in [3.63, 3.8) is 0 Å². The molecule has 2 fully saturated rings. The highest BCUT2D eigenvalue weighted by molar-refractivity contribution is 7.89. The Morgan fingerprint density at radius 3 is 2.47 bits per heavy atom. The maximum atomic E-state index is 12.8. The summed E-state index contributed by atoms with van der Waals surface area (Å²) in [6, 6.07) is 5.56. The van der Waals surface area contributed by atoms with E-state index in [1.165, 1.54) is 37.1 Å². The molecular formula is C13H17FN2O2S. The molecule has 1 atom stereocenters. The molecule has 1 aromatic carbocycles. The maximum absolute atomic E-state index is 12.8. The van der Waals surface area contributed by atoms with Crippen LogP contribution in [-0.2, 0) is 10.0 Å². The SMILES string of the molecule is O=S(=O)(NC1CCN(C2CC2)C1)c1ccc(F)cc1. The molecule has 4 nitrogen and oxygen atoms in total. The Morgan fingerprint density at radius 2 is 1.84 bits per heavy atom. The minimum absolute atomic E-state index is 0.0318. The van der Waals surface area contributed by atoms with Crippen LogP contribution in [0.4, 0.5) is 4.39 Å². The molecule has 1 saturated heterocycles. The van der Waals surface area contributed by atoms with E-state index in [1.54, 1.807) is 0 Å². The van der Waals surface area contributed by atoms with Crippen molar-refractivity contribution in [1.82, 2.24) is 9.62 Å². The summed E-state index contributed by atoms with van der Waals surface area (Å²) in [6.07, 6.45) is 3.31. The van der Waals surface area contributed by atoms with E-state index >= 15 is 0 Å². The van der Waals surface area contributed by atoms with Gasteiger partial charge in [-0.15, -0.1) is 0 Å². The van der Waals surface area contributed by atoms with E-state index in [0.717, 1.165) is 19.5 Å². The highest BCUT2D eigenvalue weighted by atomic mass is 32.2. The van der Waals surface area contributed by atoms with Gasteiger partial charge in [0.2, 0.25) is 10.0 Å². The summed E-state index contributed by atoms with van der Waals surface area (Å²) in [7, 11) is -3.53. The Balaban J connectivity index is 1.66. The van der Waals surface area contributed by atoms with Gasteiger partial charge in [0.15, 0.2) is 0 Å². The number of nitrogens with zero attached hydrogens (tertiary/aromatic N) is 1. The van der Waals surface area contributed by atoms with E-state index in [2.05, 4.69) is 9.62 Å². The third-order valence-electron chi connectivity index (χ3n) is 3.73. The molecule has 3 rings (SSSR count). The summed E-state index contributed by atoms with van der Waals surface area (Å²) < 4.78 is 39.8. The number of hydrogen-bond donors (Lipinski definition) is 1. The van der Waals surface area contributed by atoms with Crippen molar-refractivity contribution < 1.29 is 12.8 Å². The van der Waals surface area contributed by atoms with Crippen LogP contribution in [0.1, 0.15) is 19.3 Å². The van der Waals surface area contributed by atoms with Crippen LogP contribution in [0.25, 0.3) is 0 Å². The average Bonchev–Trinajstić information content (AvgIpc) is 3.11. The van der Waals surface area contributed by atoms with Crippen LogP contribution >= 0.6 is 0 Å². The first-order valence-corrected chi connectivity index (χ1v) is 8.05. The lowest BCUT2D eigenvalue weighted by molar-refractivity contribution is 0.322. The van der Waals surface area contributed by atoms with Crippen molar-refractivity contribution in [1.29, 1.82) is 0 Å². The van der Waals surface area contributed by atoms with Crippen molar-refractivity contribution in [3.8, 4) is 0 Å². The van der Waals surface area contributed by atoms with Gasteiger partial charge in [-0.05, 0) is 43.5 Å². The van der Waals surface area contributed by atoms with Crippen LogP contribution in [0.3, 0.4) is 0 Å². The van der Waals surface area contributed by atoms with Crippen molar-refractivity contribution in [3.05, 3.63) is 30.1 Å². The van der Waals surface area contributed by atoms with E-state index in [1.807, 2.05) is 0 Å². The summed E-state index contributed by atoms with van der Waals surface area (Å²) in [5.74, 6) is -0.431. The summed E-state index contributed by atoms with van der Waals surface area (Å²) in [6.45, 7) is 1.74. The first-order valence-electron chi connectivity index (χ1n) is 6.56. The monoisotopic (exact) mass is 284 g/mol. The Labute approximate surface area is 112 Å². The molecular weight excluding hydrogens is 267 g/mol. The highest BCUT2D eigenvalue weighted by Gasteiger charge is 2.35. The second kappa shape index (κ2) is 4.85. The molecule has 0 amide bonds. The fourth-order valence-corrected chi connectivity index (χ4v) is 3.82. The zero-order chi connectivity index (χ0) is 13.5. The number of halogens is 1. The Morgan fingerprint density at radius 1 is 1.16 bits per heavy atom. The standard InChI is InChI=1S/C13H17FN2O2S/c14-10-1-5-13(6-2-10)19(17,18)15-11-7-8-16(9-11)12-3-4-12/h1-2,5-6,11-12,15H,3-4,7-9H2. The topological polar surface area (TPSA) is 49.4 Å². The zero-order valence-corrected chi connectivity index (χ0v) is 11.4. The minimum Gasteiger partial charge on any atom is -0.299 e. The van der Waals surface area contributed by atoms with Gasteiger partial charge in [-0.2, -0.15) is 0 Å². The van der Waals surface area contributed by atoms with Gasteiger partial charge in [0.1, 0.15) is 5.82 Å². The first kappa shape index (κ1) is 13.0. The lowest BCUT2D eigenvalue weighted by Crippen LogP contribution is -2.37. The molecule has 1 saturated carbocycles. The van der Waals surface area contributed by atoms with Gasteiger partial charge in [0, 0.05) is 25.2 Å². The molecule has 1 aromatic rings. The molecule has 6 heteroatoms. The van der Waals surface area contributed by atoms with Crippen LogP contribution in [0.5, 0.6) is 0 Å².